The molecule has 0 radical (unpaired) electrons. The highest BCUT2D eigenvalue weighted by atomic mass is 32.2. The van der Waals surface area contributed by atoms with Gasteiger partial charge >= 0.3 is 5.97 Å². The van der Waals surface area contributed by atoms with Crippen molar-refractivity contribution < 1.29 is 18.7 Å². The van der Waals surface area contributed by atoms with E-state index in [1.54, 1.807) is 30.0 Å². The van der Waals surface area contributed by atoms with Gasteiger partial charge in [-0.1, -0.05) is 11.8 Å². The Kier molecular flexibility index (Phi) is 6.71. The molecule has 0 bridgehead atoms. The fraction of sp³-hybridized carbons (Fsp3) is 0.333. The van der Waals surface area contributed by atoms with Gasteiger partial charge in [-0.25, -0.2) is 14.8 Å². The third-order valence-electron chi connectivity index (χ3n) is 5.59. The van der Waals surface area contributed by atoms with E-state index in [2.05, 4.69) is 15.3 Å². The van der Waals surface area contributed by atoms with Crippen molar-refractivity contribution in [3.63, 3.8) is 0 Å². The van der Waals surface area contributed by atoms with E-state index in [1.165, 1.54) is 46.4 Å². The van der Waals surface area contributed by atoms with Gasteiger partial charge in [-0.05, 0) is 57.2 Å². The normalized spacial score (nSPS) is 13.1. The fourth-order valence-electron chi connectivity index (χ4n) is 4.08. The third kappa shape index (κ3) is 4.49. The van der Waals surface area contributed by atoms with E-state index in [9.17, 15) is 9.59 Å². The fourth-order valence-corrected chi connectivity index (χ4v) is 7.16. The highest BCUT2D eigenvalue weighted by molar-refractivity contribution is 8.00. The lowest BCUT2D eigenvalue weighted by Gasteiger charge is -2.11. The number of fused-ring (bicyclic) bond motifs is 3. The lowest BCUT2D eigenvalue weighted by molar-refractivity contribution is -0.113. The van der Waals surface area contributed by atoms with E-state index < -0.39 is 5.97 Å². The number of esters is 1. The number of carbonyl (C=O) groups excluding carboxylic acids is 2. The number of thiophene rings is 2. The van der Waals surface area contributed by atoms with Crippen LogP contribution >= 0.6 is 34.4 Å². The van der Waals surface area contributed by atoms with Crippen LogP contribution in [0.3, 0.4) is 0 Å². The van der Waals surface area contributed by atoms with Gasteiger partial charge < -0.3 is 14.5 Å². The summed E-state index contributed by atoms with van der Waals surface area (Å²) in [4.78, 5) is 36.9. The largest absolute Gasteiger partial charge is 0.462 e. The number of ether oxygens (including phenoxy) is 1. The molecule has 1 amide bonds. The Morgan fingerprint density at radius 1 is 1.24 bits per heavy atom. The molecule has 7 nitrogen and oxygen atoms in total. The summed E-state index contributed by atoms with van der Waals surface area (Å²) in [6.45, 7) is 3.83. The van der Waals surface area contributed by atoms with Crippen molar-refractivity contribution >= 4 is 61.5 Å². The van der Waals surface area contributed by atoms with Crippen molar-refractivity contribution in [1.29, 1.82) is 0 Å². The van der Waals surface area contributed by atoms with Gasteiger partial charge in [-0.3, -0.25) is 4.79 Å². The number of furan rings is 1. The molecule has 176 valence electrons. The predicted octanol–water partition coefficient (Wildman–Crippen LogP) is 6.11. The molecular weight excluding hydrogens is 490 g/mol. The molecule has 4 aromatic heterocycles. The Morgan fingerprint density at radius 3 is 2.88 bits per heavy atom. The molecule has 0 aliphatic heterocycles. The first-order chi connectivity index (χ1) is 16.5. The summed E-state index contributed by atoms with van der Waals surface area (Å²) in [7, 11) is 0. The van der Waals surface area contributed by atoms with Crippen molar-refractivity contribution in [2.75, 3.05) is 17.7 Å². The maximum atomic E-state index is 12.9. The van der Waals surface area contributed by atoms with E-state index in [-0.39, 0.29) is 18.3 Å². The maximum Gasteiger partial charge on any atom is 0.341 e. The molecule has 10 heteroatoms. The molecule has 0 unspecified atom stereocenters. The van der Waals surface area contributed by atoms with Crippen LogP contribution in [0.15, 0.2) is 33.3 Å². The molecule has 1 aliphatic carbocycles. The van der Waals surface area contributed by atoms with E-state index in [1.807, 2.05) is 19.1 Å². The highest BCUT2D eigenvalue weighted by Gasteiger charge is 2.25. The van der Waals surface area contributed by atoms with Crippen LogP contribution < -0.4 is 5.32 Å². The second-order valence-corrected chi connectivity index (χ2v) is 10.8. The number of nitrogens with zero attached hydrogens (tertiary/aromatic N) is 2. The average molecular weight is 514 g/mol. The summed E-state index contributed by atoms with van der Waals surface area (Å²) in [6, 6.07) is 3.64. The monoisotopic (exact) mass is 513 g/mol. The molecule has 0 fully saturated rings. The van der Waals surface area contributed by atoms with Crippen LogP contribution in [0.5, 0.6) is 0 Å². The van der Waals surface area contributed by atoms with Gasteiger partial charge in [0.1, 0.15) is 38.3 Å². The van der Waals surface area contributed by atoms with Gasteiger partial charge in [0.2, 0.25) is 5.91 Å². The first-order valence-electron chi connectivity index (χ1n) is 11.1. The number of nitrogens with one attached hydrogen (secondary N) is 1. The Hall–Kier alpha value is -2.69. The second-order valence-electron chi connectivity index (χ2n) is 7.89. The summed E-state index contributed by atoms with van der Waals surface area (Å²) < 4.78 is 11.0. The van der Waals surface area contributed by atoms with E-state index in [4.69, 9.17) is 9.15 Å². The van der Waals surface area contributed by atoms with Crippen LogP contribution in [0.2, 0.25) is 0 Å². The van der Waals surface area contributed by atoms with Crippen molar-refractivity contribution in [3.8, 4) is 11.3 Å². The molecule has 0 aromatic carbocycles. The Bertz CT molecular complexity index is 1370. The molecular formula is C24H23N3O4S3. The van der Waals surface area contributed by atoms with E-state index in [0.29, 0.717) is 21.9 Å². The number of carbonyl (C=O) groups is 2. The Balaban J connectivity index is 1.36. The number of hydrogen-bond acceptors (Lipinski definition) is 9. The van der Waals surface area contributed by atoms with Gasteiger partial charge in [0.15, 0.2) is 0 Å². The molecule has 1 N–H and O–H groups in total. The lowest BCUT2D eigenvalue weighted by Crippen LogP contribution is -2.16. The molecule has 0 saturated carbocycles. The van der Waals surface area contributed by atoms with Crippen LogP contribution in [0.1, 0.15) is 46.3 Å². The molecule has 1 aliphatic rings. The second kappa shape index (κ2) is 9.89. The van der Waals surface area contributed by atoms with Crippen LogP contribution in [-0.4, -0.2) is 34.2 Å². The Morgan fingerprint density at radius 2 is 2.09 bits per heavy atom. The number of anilines is 1. The van der Waals surface area contributed by atoms with Crippen LogP contribution in [0, 0.1) is 6.92 Å². The predicted molar refractivity (Wildman–Crippen MR) is 136 cm³/mol. The summed E-state index contributed by atoms with van der Waals surface area (Å²) in [5.74, 6) is 0.780. The van der Waals surface area contributed by atoms with Gasteiger partial charge in [0.05, 0.1) is 12.4 Å². The zero-order chi connectivity index (χ0) is 23.7. The van der Waals surface area contributed by atoms with Gasteiger partial charge in [-0.2, -0.15) is 0 Å². The van der Waals surface area contributed by atoms with Crippen LogP contribution in [0.4, 0.5) is 5.00 Å². The SMILES string of the molecule is CCOC(=O)c1c(-c2ccc(C)o2)csc1NC(=O)CSc1ncnc2sc3c(c12)CCCC3. The molecule has 34 heavy (non-hydrogen) atoms. The van der Waals surface area contributed by atoms with E-state index in [0.717, 1.165) is 33.8 Å². The van der Waals surface area contributed by atoms with Crippen molar-refractivity contribution in [2.45, 2.75) is 44.6 Å². The summed E-state index contributed by atoms with van der Waals surface area (Å²) >= 11 is 4.42. The topological polar surface area (TPSA) is 94.3 Å². The van der Waals surface area contributed by atoms with Crippen LogP contribution in [0.25, 0.3) is 21.5 Å². The van der Waals surface area contributed by atoms with Gasteiger partial charge in [-0.15, -0.1) is 22.7 Å². The average Bonchev–Trinajstić information content (AvgIpc) is 3.54. The quantitative estimate of drug-likeness (QED) is 0.181. The summed E-state index contributed by atoms with van der Waals surface area (Å²) in [5, 5.41) is 7.09. The maximum absolute atomic E-state index is 12.9. The minimum atomic E-state index is -0.488. The number of hydrogen-bond donors (Lipinski definition) is 1. The van der Waals surface area contributed by atoms with Crippen molar-refractivity contribution in [2.24, 2.45) is 0 Å². The number of thioether (sulfide) groups is 1. The lowest BCUT2D eigenvalue weighted by atomic mass is 9.97. The van der Waals surface area contributed by atoms with E-state index >= 15 is 0 Å². The first kappa shape index (κ1) is 23.1. The molecule has 4 heterocycles. The standard InChI is InChI=1S/C24H23N3O4S3/c1-3-30-24(29)20-15(16-9-8-13(2)31-16)10-32-23(20)27-18(28)11-33-21-19-14-6-4-5-7-17(14)34-22(19)26-12-25-21/h8-10,12H,3-7,11H2,1-2H3,(H,27,28). The minimum absolute atomic E-state index is 0.173. The highest BCUT2D eigenvalue weighted by Crippen LogP contribution is 2.40. The Labute approximate surface area is 208 Å². The van der Waals surface area contributed by atoms with Crippen molar-refractivity contribution in [3.05, 3.63) is 45.6 Å². The number of aromatic nitrogens is 2. The molecule has 0 atom stereocenters. The molecule has 0 saturated heterocycles. The molecule has 5 rings (SSSR count). The van der Waals surface area contributed by atoms with Crippen molar-refractivity contribution in [1.82, 2.24) is 9.97 Å². The smallest absolute Gasteiger partial charge is 0.341 e. The number of amides is 1. The summed E-state index contributed by atoms with van der Waals surface area (Å²) in [5.41, 5.74) is 2.27. The molecule has 4 aromatic rings. The van der Waals surface area contributed by atoms with Crippen LogP contribution in [-0.2, 0) is 22.4 Å². The zero-order valence-electron chi connectivity index (χ0n) is 18.8. The van der Waals surface area contributed by atoms with Gasteiger partial charge in [0, 0.05) is 21.2 Å². The molecule has 0 spiro atoms. The third-order valence-corrected chi connectivity index (χ3v) is 8.67. The first-order valence-corrected chi connectivity index (χ1v) is 13.8. The number of aryl methyl sites for hydroxylation is 3. The minimum Gasteiger partial charge on any atom is -0.462 e. The van der Waals surface area contributed by atoms with Gasteiger partial charge in [0.25, 0.3) is 0 Å². The number of rotatable bonds is 7. The summed E-state index contributed by atoms with van der Waals surface area (Å²) in [6.07, 6.45) is 6.08. The zero-order valence-corrected chi connectivity index (χ0v) is 21.3.